The summed E-state index contributed by atoms with van der Waals surface area (Å²) >= 11 is 3.52. The van der Waals surface area contributed by atoms with Gasteiger partial charge in [0.1, 0.15) is 5.82 Å². The van der Waals surface area contributed by atoms with Gasteiger partial charge in [-0.1, -0.05) is 0 Å². The Morgan fingerprint density at radius 1 is 1.32 bits per heavy atom. The van der Waals surface area contributed by atoms with Crippen LogP contribution in [0.4, 0.5) is 5.82 Å². The van der Waals surface area contributed by atoms with E-state index < -0.39 is 0 Å². The van der Waals surface area contributed by atoms with Gasteiger partial charge in [0.25, 0.3) is 0 Å². The number of nitrogen functional groups attached to an aromatic ring is 1. The van der Waals surface area contributed by atoms with Crippen LogP contribution in [-0.4, -0.2) is 23.0 Å². The van der Waals surface area contributed by atoms with E-state index in [9.17, 15) is 0 Å². The summed E-state index contributed by atoms with van der Waals surface area (Å²) in [6, 6.07) is 5.76. The predicted molar refractivity (Wildman–Crippen MR) is 75.5 cm³/mol. The summed E-state index contributed by atoms with van der Waals surface area (Å²) in [6.45, 7) is 1.96. The van der Waals surface area contributed by atoms with Crippen LogP contribution in [0.1, 0.15) is 12.0 Å². The Labute approximate surface area is 119 Å². The third kappa shape index (κ3) is 2.53. The molecule has 2 aromatic rings. The molecule has 1 aliphatic rings. The van der Waals surface area contributed by atoms with E-state index in [1.54, 1.807) is 16.9 Å². The van der Waals surface area contributed by atoms with Crippen molar-refractivity contribution in [3.05, 3.63) is 34.4 Å². The number of aromatic nitrogens is 2. The second-order valence-corrected chi connectivity index (χ2v) is 5.22. The van der Waals surface area contributed by atoms with Gasteiger partial charge in [0.05, 0.1) is 30.4 Å². The molecule has 0 unspecified atom stereocenters. The molecular weight excluding hydrogens is 310 g/mol. The van der Waals surface area contributed by atoms with Crippen LogP contribution < -0.4 is 15.2 Å². The fraction of sp³-hybridized carbons (Fsp3) is 0.308. The molecule has 2 heterocycles. The van der Waals surface area contributed by atoms with Crippen molar-refractivity contribution >= 4 is 21.7 Å². The lowest BCUT2D eigenvalue weighted by Gasteiger charge is -2.12. The number of benzene rings is 1. The lowest BCUT2D eigenvalue weighted by Crippen LogP contribution is -2.06. The molecule has 0 saturated heterocycles. The lowest BCUT2D eigenvalue weighted by molar-refractivity contribution is 0.296. The van der Waals surface area contributed by atoms with E-state index in [4.69, 9.17) is 15.2 Å². The summed E-state index contributed by atoms with van der Waals surface area (Å²) in [6.07, 6.45) is 2.58. The van der Waals surface area contributed by atoms with Gasteiger partial charge < -0.3 is 15.2 Å². The van der Waals surface area contributed by atoms with Crippen molar-refractivity contribution in [1.82, 2.24) is 9.78 Å². The Hall–Kier alpha value is -1.69. The minimum atomic E-state index is 0.605. The van der Waals surface area contributed by atoms with Gasteiger partial charge in [0, 0.05) is 6.42 Å². The number of nitrogens with zero attached hydrogens (tertiary/aromatic N) is 2. The van der Waals surface area contributed by atoms with E-state index in [2.05, 4.69) is 21.0 Å². The zero-order chi connectivity index (χ0) is 13.2. The minimum Gasteiger partial charge on any atom is -0.490 e. The molecule has 0 bridgehead atoms. The van der Waals surface area contributed by atoms with E-state index in [-0.39, 0.29) is 0 Å². The average molecular weight is 324 g/mol. The highest BCUT2D eigenvalue weighted by molar-refractivity contribution is 9.10. The van der Waals surface area contributed by atoms with Crippen LogP contribution in [0, 0.1) is 0 Å². The van der Waals surface area contributed by atoms with Crippen molar-refractivity contribution in [3.63, 3.8) is 0 Å². The van der Waals surface area contributed by atoms with E-state index in [1.807, 2.05) is 12.1 Å². The number of rotatable bonds is 2. The van der Waals surface area contributed by atoms with Crippen molar-refractivity contribution < 1.29 is 9.47 Å². The maximum absolute atomic E-state index is 5.82. The second kappa shape index (κ2) is 5.13. The van der Waals surface area contributed by atoms with Crippen molar-refractivity contribution in [2.75, 3.05) is 18.9 Å². The highest BCUT2D eigenvalue weighted by Crippen LogP contribution is 2.38. The third-order valence-electron chi connectivity index (χ3n) is 2.94. The van der Waals surface area contributed by atoms with Gasteiger partial charge in [-0.2, -0.15) is 5.10 Å². The number of anilines is 1. The molecular formula is C13H14BrN3O2. The van der Waals surface area contributed by atoms with E-state index in [0.29, 0.717) is 25.6 Å². The molecule has 0 amide bonds. The summed E-state index contributed by atoms with van der Waals surface area (Å²) in [7, 11) is 0. The average Bonchev–Trinajstić information content (AvgIpc) is 2.65. The van der Waals surface area contributed by atoms with Gasteiger partial charge >= 0.3 is 0 Å². The summed E-state index contributed by atoms with van der Waals surface area (Å²) < 4.78 is 14.0. The number of ether oxygens (including phenoxy) is 2. The van der Waals surface area contributed by atoms with Gasteiger partial charge in [-0.25, -0.2) is 4.68 Å². The van der Waals surface area contributed by atoms with E-state index in [0.717, 1.165) is 28.0 Å². The van der Waals surface area contributed by atoms with Gasteiger partial charge in [0.2, 0.25) is 0 Å². The molecule has 100 valence electrons. The van der Waals surface area contributed by atoms with Crippen LogP contribution in [0.3, 0.4) is 0 Å². The first-order chi connectivity index (χ1) is 9.24. The summed E-state index contributed by atoms with van der Waals surface area (Å²) in [5.41, 5.74) is 6.88. The quantitative estimate of drug-likeness (QED) is 0.922. The van der Waals surface area contributed by atoms with Crippen molar-refractivity contribution in [2.45, 2.75) is 13.0 Å². The molecule has 3 rings (SSSR count). The first kappa shape index (κ1) is 12.3. The number of hydrogen-bond acceptors (Lipinski definition) is 4. The first-order valence-electron chi connectivity index (χ1n) is 6.09. The van der Waals surface area contributed by atoms with Crippen LogP contribution in [0.2, 0.25) is 0 Å². The first-order valence-corrected chi connectivity index (χ1v) is 6.88. The lowest BCUT2D eigenvalue weighted by atomic mass is 10.2. The number of fused-ring (bicyclic) bond motifs is 1. The molecule has 0 fully saturated rings. The topological polar surface area (TPSA) is 62.3 Å². The van der Waals surface area contributed by atoms with Gasteiger partial charge in [-0.05, 0) is 39.7 Å². The molecule has 1 aliphatic heterocycles. The van der Waals surface area contributed by atoms with E-state index in [1.165, 1.54) is 0 Å². The zero-order valence-electron chi connectivity index (χ0n) is 10.3. The molecule has 6 heteroatoms. The van der Waals surface area contributed by atoms with Gasteiger partial charge in [-0.15, -0.1) is 0 Å². The fourth-order valence-electron chi connectivity index (χ4n) is 2.02. The normalized spacial score (nSPS) is 14.2. The standard InChI is InChI=1S/C13H14BrN3O2/c14-10-6-9(8-17-12(15)2-3-16-17)7-11-13(10)19-5-1-4-18-11/h2-3,6-7H,1,4-5,8,15H2. The van der Waals surface area contributed by atoms with Crippen molar-refractivity contribution in [3.8, 4) is 11.5 Å². The van der Waals surface area contributed by atoms with Crippen molar-refractivity contribution in [2.24, 2.45) is 0 Å². The Kier molecular flexibility index (Phi) is 3.33. The van der Waals surface area contributed by atoms with Crippen LogP contribution >= 0.6 is 15.9 Å². The van der Waals surface area contributed by atoms with Crippen LogP contribution in [0.25, 0.3) is 0 Å². The van der Waals surface area contributed by atoms with E-state index >= 15 is 0 Å². The zero-order valence-corrected chi connectivity index (χ0v) is 11.9. The molecule has 0 atom stereocenters. The Balaban J connectivity index is 1.93. The maximum Gasteiger partial charge on any atom is 0.175 e. The SMILES string of the molecule is Nc1ccnn1Cc1cc(Br)c2c(c1)OCCCO2. The Morgan fingerprint density at radius 3 is 2.95 bits per heavy atom. The fourth-order valence-corrected chi connectivity index (χ4v) is 2.63. The minimum absolute atomic E-state index is 0.605. The van der Waals surface area contributed by atoms with Crippen LogP contribution in [0.15, 0.2) is 28.9 Å². The number of hydrogen-bond donors (Lipinski definition) is 1. The van der Waals surface area contributed by atoms with Crippen molar-refractivity contribution in [1.29, 1.82) is 0 Å². The highest BCUT2D eigenvalue weighted by Gasteiger charge is 2.15. The summed E-state index contributed by atoms with van der Waals surface area (Å²) in [4.78, 5) is 0. The number of nitrogens with two attached hydrogens (primary N) is 1. The largest absolute Gasteiger partial charge is 0.490 e. The number of halogens is 1. The molecule has 1 aromatic heterocycles. The predicted octanol–water partition coefficient (Wildman–Crippen LogP) is 2.44. The van der Waals surface area contributed by atoms with Crippen LogP contribution in [0.5, 0.6) is 11.5 Å². The molecule has 0 spiro atoms. The second-order valence-electron chi connectivity index (χ2n) is 4.37. The molecule has 19 heavy (non-hydrogen) atoms. The monoisotopic (exact) mass is 323 g/mol. The Morgan fingerprint density at radius 2 is 2.16 bits per heavy atom. The summed E-state index contributed by atoms with van der Waals surface area (Å²) in [5.74, 6) is 2.19. The molecule has 0 saturated carbocycles. The van der Waals surface area contributed by atoms with Gasteiger partial charge in [0.15, 0.2) is 11.5 Å². The smallest absolute Gasteiger partial charge is 0.175 e. The third-order valence-corrected chi connectivity index (χ3v) is 3.53. The molecule has 0 aliphatic carbocycles. The Bertz CT molecular complexity index is 598. The van der Waals surface area contributed by atoms with Crippen LogP contribution in [-0.2, 0) is 6.54 Å². The summed E-state index contributed by atoms with van der Waals surface area (Å²) in [5, 5.41) is 4.18. The maximum atomic E-state index is 5.82. The molecule has 2 N–H and O–H groups in total. The highest BCUT2D eigenvalue weighted by atomic mass is 79.9. The van der Waals surface area contributed by atoms with Gasteiger partial charge in [-0.3, -0.25) is 0 Å². The molecule has 5 nitrogen and oxygen atoms in total. The molecule has 1 aromatic carbocycles. The molecule has 0 radical (unpaired) electrons.